The Balaban J connectivity index is 1.85. The molecule has 6 heteroatoms. The Morgan fingerprint density at radius 2 is 1.91 bits per heavy atom. The van der Waals surface area contributed by atoms with Gasteiger partial charge in [-0.05, 0) is 55.5 Å². The van der Waals surface area contributed by atoms with Crippen molar-refractivity contribution in [2.24, 2.45) is 0 Å². The lowest BCUT2D eigenvalue weighted by Crippen LogP contribution is -2.31. The van der Waals surface area contributed by atoms with Gasteiger partial charge in [-0.25, -0.2) is 4.39 Å². The molecule has 1 aliphatic rings. The normalized spacial score (nSPS) is 16.2. The molecule has 0 radical (unpaired) electrons. The molecule has 1 aromatic carbocycles. The van der Waals surface area contributed by atoms with E-state index in [1.807, 2.05) is 6.07 Å². The van der Waals surface area contributed by atoms with Crippen LogP contribution in [0.3, 0.4) is 0 Å². The van der Waals surface area contributed by atoms with Crippen LogP contribution >= 0.6 is 0 Å². The highest BCUT2D eigenvalue weighted by atomic mass is 19.4. The number of pyridine rings is 1. The largest absolute Gasteiger partial charge is 0.481 e. The second kappa shape index (κ2) is 5.83. The van der Waals surface area contributed by atoms with Gasteiger partial charge >= 0.3 is 6.18 Å². The number of rotatable bonds is 4. The maximum Gasteiger partial charge on any atom is 0.425 e. The molecular weight excluding hydrogens is 310 g/mol. The molecule has 1 saturated carbocycles. The van der Waals surface area contributed by atoms with Crippen molar-refractivity contribution in [3.05, 3.63) is 47.9 Å². The molecule has 0 N–H and O–H groups in total. The van der Waals surface area contributed by atoms with Gasteiger partial charge in [-0.3, -0.25) is 4.98 Å². The molecule has 1 fully saturated rings. The molecule has 3 rings (SSSR count). The summed E-state index contributed by atoms with van der Waals surface area (Å²) in [5.74, 6) is -0.0633. The molecule has 1 aliphatic carbocycles. The zero-order valence-corrected chi connectivity index (χ0v) is 12.4. The molecule has 0 aliphatic heterocycles. The SMILES string of the molecule is C[C@H](Oc1ccc(F)c(-c2ccc(C3CC3)cn2)c1)C(F)(F)F. The summed E-state index contributed by atoms with van der Waals surface area (Å²) >= 11 is 0. The average molecular weight is 325 g/mol. The number of alkyl halides is 3. The van der Waals surface area contributed by atoms with E-state index in [0.717, 1.165) is 31.4 Å². The standard InChI is InChI=1S/C17H15F4NO/c1-10(17(19,20)21)23-13-5-6-15(18)14(8-13)16-7-4-12(9-22-16)11-2-3-11/h4-11H,2-3H2,1H3/t10-/m0/s1. The summed E-state index contributed by atoms with van der Waals surface area (Å²) in [5, 5.41) is 0. The van der Waals surface area contributed by atoms with Gasteiger partial charge in [0.25, 0.3) is 0 Å². The molecule has 122 valence electrons. The van der Waals surface area contributed by atoms with Crippen LogP contribution in [0.15, 0.2) is 36.5 Å². The number of nitrogens with zero attached hydrogens (tertiary/aromatic N) is 1. The summed E-state index contributed by atoms with van der Waals surface area (Å²) in [5.41, 5.74) is 1.60. The molecule has 1 aromatic heterocycles. The molecule has 1 atom stereocenters. The van der Waals surface area contributed by atoms with Crippen LogP contribution in [0.25, 0.3) is 11.3 Å². The lowest BCUT2D eigenvalue weighted by Gasteiger charge is -2.18. The van der Waals surface area contributed by atoms with Crippen LogP contribution in [0, 0.1) is 5.82 Å². The van der Waals surface area contributed by atoms with Crippen LogP contribution in [-0.2, 0) is 0 Å². The van der Waals surface area contributed by atoms with Crippen LogP contribution in [0.2, 0.25) is 0 Å². The number of hydrogen-bond donors (Lipinski definition) is 0. The molecule has 0 bridgehead atoms. The number of hydrogen-bond acceptors (Lipinski definition) is 2. The highest BCUT2D eigenvalue weighted by Gasteiger charge is 2.38. The third-order valence-corrected chi connectivity index (χ3v) is 3.82. The Bertz CT molecular complexity index is 693. The Morgan fingerprint density at radius 3 is 2.48 bits per heavy atom. The zero-order valence-electron chi connectivity index (χ0n) is 12.4. The second-order valence-electron chi connectivity index (χ2n) is 5.69. The van der Waals surface area contributed by atoms with Crippen molar-refractivity contribution in [3.8, 4) is 17.0 Å². The first-order chi connectivity index (χ1) is 10.8. The van der Waals surface area contributed by atoms with Crippen molar-refractivity contribution < 1.29 is 22.3 Å². The van der Waals surface area contributed by atoms with Gasteiger partial charge in [0.15, 0.2) is 6.10 Å². The monoisotopic (exact) mass is 325 g/mol. The maximum absolute atomic E-state index is 14.0. The fourth-order valence-electron chi connectivity index (χ4n) is 2.27. The third kappa shape index (κ3) is 3.63. The Kier molecular flexibility index (Phi) is 4.00. The van der Waals surface area contributed by atoms with E-state index in [2.05, 4.69) is 4.98 Å². The first-order valence-electron chi connectivity index (χ1n) is 7.34. The highest BCUT2D eigenvalue weighted by Crippen LogP contribution is 2.40. The van der Waals surface area contributed by atoms with Crippen molar-refractivity contribution >= 4 is 0 Å². The summed E-state index contributed by atoms with van der Waals surface area (Å²) in [7, 11) is 0. The van der Waals surface area contributed by atoms with Crippen molar-refractivity contribution in [1.29, 1.82) is 0 Å². The van der Waals surface area contributed by atoms with E-state index in [1.54, 1.807) is 12.3 Å². The first kappa shape index (κ1) is 15.8. The number of ether oxygens (including phenoxy) is 1. The fraction of sp³-hybridized carbons (Fsp3) is 0.353. The van der Waals surface area contributed by atoms with Crippen molar-refractivity contribution in [2.45, 2.75) is 38.0 Å². The molecular formula is C17H15F4NO. The number of benzene rings is 1. The average Bonchev–Trinajstić information content (AvgIpc) is 3.33. The summed E-state index contributed by atoms with van der Waals surface area (Å²) in [6.07, 6.45) is -2.48. The molecule has 0 saturated heterocycles. The van der Waals surface area contributed by atoms with Crippen molar-refractivity contribution in [1.82, 2.24) is 4.98 Å². The van der Waals surface area contributed by atoms with E-state index in [-0.39, 0.29) is 11.3 Å². The summed E-state index contributed by atoms with van der Waals surface area (Å²) < 4.78 is 56.5. The minimum absolute atomic E-state index is 0.0423. The van der Waals surface area contributed by atoms with Gasteiger partial charge in [-0.15, -0.1) is 0 Å². The van der Waals surface area contributed by atoms with Gasteiger partial charge in [-0.1, -0.05) is 6.07 Å². The number of aromatic nitrogens is 1. The molecule has 23 heavy (non-hydrogen) atoms. The Morgan fingerprint density at radius 1 is 1.17 bits per heavy atom. The van der Waals surface area contributed by atoms with E-state index in [4.69, 9.17) is 4.74 Å². The van der Waals surface area contributed by atoms with Crippen LogP contribution in [0.4, 0.5) is 17.6 Å². The van der Waals surface area contributed by atoms with Crippen LogP contribution < -0.4 is 4.74 Å². The highest BCUT2D eigenvalue weighted by molar-refractivity contribution is 5.62. The molecule has 0 spiro atoms. The molecule has 0 unspecified atom stereocenters. The predicted octanol–water partition coefficient (Wildman–Crippen LogP) is 5.09. The van der Waals surface area contributed by atoms with E-state index in [0.29, 0.717) is 11.6 Å². The van der Waals surface area contributed by atoms with Gasteiger partial charge in [0.2, 0.25) is 0 Å². The van der Waals surface area contributed by atoms with Gasteiger partial charge in [0.05, 0.1) is 5.69 Å². The molecule has 2 nitrogen and oxygen atoms in total. The lowest BCUT2D eigenvalue weighted by molar-refractivity contribution is -0.189. The van der Waals surface area contributed by atoms with Crippen LogP contribution in [0.1, 0.15) is 31.2 Å². The topological polar surface area (TPSA) is 22.1 Å². The zero-order chi connectivity index (χ0) is 16.6. The fourth-order valence-corrected chi connectivity index (χ4v) is 2.27. The van der Waals surface area contributed by atoms with Crippen molar-refractivity contribution in [3.63, 3.8) is 0 Å². The van der Waals surface area contributed by atoms with Gasteiger partial charge in [0.1, 0.15) is 11.6 Å². The summed E-state index contributed by atoms with van der Waals surface area (Å²) in [6, 6.07) is 7.08. The summed E-state index contributed by atoms with van der Waals surface area (Å²) in [4.78, 5) is 4.22. The van der Waals surface area contributed by atoms with E-state index >= 15 is 0 Å². The van der Waals surface area contributed by atoms with Gasteiger partial charge < -0.3 is 4.74 Å². The van der Waals surface area contributed by atoms with E-state index < -0.39 is 18.1 Å². The molecule has 0 amide bonds. The maximum atomic E-state index is 14.0. The van der Waals surface area contributed by atoms with E-state index in [9.17, 15) is 17.6 Å². The number of halogens is 4. The van der Waals surface area contributed by atoms with Gasteiger partial charge in [0, 0.05) is 11.8 Å². The molecule has 1 heterocycles. The minimum atomic E-state index is -4.47. The predicted molar refractivity (Wildman–Crippen MR) is 77.8 cm³/mol. The molecule has 2 aromatic rings. The smallest absolute Gasteiger partial charge is 0.425 e. The summed E-state index contributed by atoms with van der Waals surface area (Å²) in [6.45, 7) is 0.908. The quantitative estimate of drug-likeness (QED) is 0.730. The third-order valence-electron chi connectivity index (χ3n) is 3.82. The van der Waals surface area contributed by atoms with Crippen LogP contribution in [0.5, 0.6) is 5.75 Å². The van der Waals surface area contributed by atoms with Crippen molar-refractivity contribution in [2.75, 3.05) is 0 Å². The van der Waals surface area contributed by atoms with Crippen LogP contribution in [-0.4, -0.2) is 17.3 Å². The minimum Gasteiger partial charge on any atom is -0.481 e. The second-order valence-corrected chi connectivity index (χ2v) is 5.69. The van der Waals surface area contributed by atoms with Gasteiger partial charge in [-0.2, -0.15) is 13.2 Å². The Hall–Kier alpha value is -2.11. The first-order valence-corrected chi connectivity index (χ1v) is 7.34. The Labute approximate surface area is 131 Å². The van der Waals surface area contributed by atoms with E-state index in [1.165, 1.54) is 12.1 Å². The lowest BCUT2D eigenvalue weighted by atomic mass is 10.1.